The van der Waals surface area contributed by atoms with Gasteiger partial charge in [-0.05, 0) is 57.4 Å². The largest absolute Gasteiger partial charge is 0.493 e. The molecule has 1 aromatic carbocycles. The fourth-order valence-corrected chi connectivity index (χ4v) is 3.82. The zero-order valence-corrected chi connectivity index (χ0v) is 17.1. The number of oxime groups is 1. The van der Waals surface area contributed by atoms with E-state index in [1.165, 1.54) is 6.07 Å². The van der Waals surface area contributed by atoms with E-state index in [-0.39, 0.29) is 11.9 Å². The van der Waals surface area contributed by atoms with Crippen molar-refractivity contribution in [2.75, 3.05) is 11.9 Å². The number of hydrogen-bond acceptors (Lipinski definition) is 7. The third-order valence-electron chi connectivity index (χ3n) is 5.24. The quantitative estimate of drug-likeness (QED) is 0.686. The smallest absolute Gasteiger partial charge is 0.203 e. The van der Waals surface area contributed by atoms with E-state index < -0.39 is 5.72 Å². The van der Waals surface area contributed by atoms with Crippen LogP contribution in [0.5, 0.6) is 5.75 Å². The molecule has 9 heteroatoms. The van der Waals surface area contributed by atoms with E-state index in [9.17, 15) is 4.39 Å². The molecule has 4 heterocycles. The van der Waals surface area contributed by atoms with Gasteiger partial charge in [0.2, 0.25) is 5.72 Å². The Hall–Kier alpha value is -3.36. The second kappa shape index (κ2) is 6.86. The number of ether oxygens (including phenoxy) is 1. The number of anilines is 1. The molecule has 2 aliphatic rings. The van der Waals surface area contributed by atoms with Crippen molar-refractivity contribution >= 4 is 17.3 Å². The van der Waals surface area contributed by atoms with Gasteiger partial charge in [0.05, 0.1) is 24.4 Å². The normalized spacial score (nSPS) is 18.1. The molecule has 0 saturated heterocycles. The highest BCUT2D eigenvalue weighted by Crippen LogP contribution is 2.35. The van der Waals surface area contributed by atoms with Gasteiger partial charge < -0.3 is 20.2 Å². The van der Waals surface area contributed by atoms with Crippen molar-refractivity contribution in [2.45, 2.75) is 45.4 Å². The van der Waals surface area contributed by atoms with E-state index in [1.807, 2.05) is 33.0 Å². The molecule has 0 aliphatic carbocycles. The maximum absolute atomic E-state index is 14.2. The molecule has 0 bridgehead atoms. The number of rotatable bonds is 4. The maximum atomic E-state index is 14.2. The summed E-state index contributed by atoms with van der Waals surface area (Å²) in [6, 6.07) is 4.73. The van der Waals surface area contributed by atoms with Crippen LogP contribution in [0.1, 0.15) is 49.9 Å². The van der Waals surface area contributed by atoms with Crippen molar-refractivity contribution in [1.29, 1.82) is 0 Å². The Morgan fingerprint density at radius 3 is 3.00 bits per heavy atom. The molecule has 3 aromatic rings. The topological polar surface area (TPSA) is 85.1 Å². The summed E-state index contributed by atoms with van der Waals surface area (Å²) in [7, 11) is 0. The van der Waals surface area contributed by atoms with Crippen molar-refractivity contribution in [3.05, 3.63) is 53.1 Å². The Bertz CT molecular complexity index is 1160. The molecular weight excluding hydrogens is 387 g/mol. The van der Waals surface area contributed by atoms with Crippen LogP contribution in [0.25, 0.3) is 5.65 Å². The molecular formula is C21H23FN6O2. The van der Waals surface area contributed by atoms with Crippen LogP contribution in [-0.2, 0) is 11.3 Å². The van der Waals surface area contributed by atoms with Gasteiger partial charge in [-0.2, -0.15) is 5.10 Å². The lowest BCUT2D eigenvalue weighted by atomic mass is 9.98. The molecule has 156 valence electrons. The summed E-state index contributed by atoms with van der Waals surface area (Å²) < 4.78 is 21.7. The third kappa shape index (κ3) is 3.30. The minimum atomic E-state index is -0.579. The lowest BCUT2D eigenvalue weighted by molar-refractivity contribution is -0.00234. The van der Waals surface area contributed by atoms with Crippen LogP contribution in [0.4, 0.5) is 10.2 Å². The van der Waals surface area contributed by atoms with Gasteiger partial charge in [0.15, 0.2) is 11.5 Å². The number of aromatic nitrogens is 3. The highest BCUT2D eigenvalue weighted by Gasteiger charge is 2.30. The van der Waals surface area contributed by atoms with Gasteiger partial charge in [-0.15, -0.1) is 0 Å². The number of benzene rings is 1. The monoisotopic (exact) mass is 410 g/mol. The van der Waals surface area contributed by atoms with Crippen LogP contribution >= 0.6 is 0 Å². The SMILES string of the molecule is C[C@@H](Nc1ccn2ncc(C3=NOC(C)(C)N3)c2n1)c1cc(F)cc2c1OCCC2. The van der Waals surface area contributed by atoms with Crippen molar-refractivity contribution in [1.82, 2.24) is 19.9 Å². The first-order valence-corrected chi connectivity index (χ1v) is 10.0. The van der Waals surface area contributed by atoms with E-state index in [1.54, 1.807) is 16.8 Å². The van der Waals surface area contributed by atoms with Gasteiger partial charge in [0.1, 0.15) is 17.4 Å². The Kier molecular flexibility index (Phi) is 4.27. The number of aryl methyl sites for hydroxylation is 1. The minimum Gasteiger partial charge on any atom is -0.493 e. The molecule has 1 atom stereocenters. The number of halogens is 1. The molecule has 5 rings (SSSR count). The highest BCUT2D eigenvalue weighted by atomic mass is 19.1. The summed E-state index contributed by atoms with van der Waals surface area (Å²) in [6.07, 6.45) is 5.24. The molecule has 2 N–H and O–H groups in total. The average Bonchev–Trinajstić information content (AvgIpc) is 3.29. The first-order chi connectivity index (χ1) is 14.4. The van der Waals surface area contributed by atoms with E-state index >= 15 is 0 Å². The molecule has 0 radical (unpaired) electrons. The number of hydrogen-bond donors (Lipinski definition) is 2. The van der Waals surface area contributed by atoms with Crippen molar-refractivity contribution in [3.8, 4) is 5.75 Å². The molecule has 2 aromatic heterocycles. The minimum absolute atomic E-state index is 0.196. The zero-order chi connectivity index (χ0) is 20.9. The first kappa shape index (κ1) is 18.7. The predicted molar refractivity (Wildman–Crippen MR) is 110 cm³/mol. The molecule has 8 nitrogen and oxygen atoms in total. The van der Waals surface area contributed by atoms with Gasteiger partial charge >= 0.3 is 0 Å². The van der Waals surface area contributed by atoms with Gasteiger partial charge in [0.25, 0.3) is 0 Å². The van der Waals surface area contributed by atoms with Gasteiger partial charge in [-0.1, -0.05) is 5.16 Å². The van der Waals surface area contributed by atoms with Crippen molar-refractivity contribution in [2.24, 2.45) is 5.16 Å². The summed E-state index contributed by atoms with van der Waals surface area (Å²) in [6.45, 7) is 6.39. The molecule has 2 aliphatic heterocycles. The Morgan fingerprint density at radius 2 is 2.20 bits per heavy atom. The van der Waals surface area contributed by atoms with Crippen LogP contribution in [0.2, 0.25) is 0 Å². The van der Waals surface area contributed by atoms with Crippen LogP contribution in [0.15, 0.2) is 35.7 Å². The second-order valence-corrected chi connectivity index (χ2v) is 8.11. The lowest BCUT2D eigenvalue weighted by Crippen LogP contribution is -2.38. The number of nitrogens with zero attached hydrogens (tertiary/aromatic N) is 4. The van der Waals surface area contributed by atoms with E-state index in [2.05, 4.69) is 20.9 Å². The second-order valence-electron chi connectivity index (χ2n) is 8.11. The molecule has 0 saturated carbocycles. The van der Waals surface area contributed by atoms with E-state index in [4.69, 9.17) is 14.6 Å². The fourth-order valence-electron chi connectivity index (χ4n) is 3.82. The van der Waals surface area contributed by atoms with Gasteiger partial charge in [0, 0.05) is 11.8 Å². The molecule has 0 amide bonds. The highest BCUT2D eigenvalue weighted by molar-refractivity contribution is 6.04. The van der Waals surface area contributed by atoms with Gasteiger partial charge in [-0.25, -0.2) is 13.9 Å². The number of nitrogens with one attached hydrogen (secondary N) is 2. The molecule has 0 spiro atoms. The first-order valence-electron chi connectivity index (χ1n) is 10.0. The van der Waals surface area contributed by atoms with E-state index in [0.29, 0.717) is 23.9 Å². The Morgan fingerprint density at radius 1 is 1.33 bits per heavy atom. The van der Waals surface area contributed by atoms with Crippen LogP contribution < -0.4 is 15.4 Å². The Labute approximate surface area is 173 Å². The van der Waals surface area contributed by atoms with E-state index in [0.717, 1.165) is 35.3 Å². The standard InChI is InChI=1S/C21H23FN6O2/c1-12(15-10-14(22)9-13-5-4-8-29-18(13)15)24-17-6-7-28-20(25-17)16(11-23-28)19-26-21(2,3)30-27-19/h6-7,9-12H,4-5,8H2,1-3H3,(H,24,25)(H,26,27)/t12-/m1/s1. The third-order valence-corrected chi connectivity index (χ3v) is 5.24. The summed E-state index contributed by atoms with van der Waals surface area (Å²) >= 11 is 0. The van der Waals surface area contributed by atoms with Crippen LogP contribution in [0, 0.1) is 5.82 Å². The Balaban J connectivity index is 1.45. The fraction of sp³-hybridized carbons (Fsp3) is 0.381. The summed E-state index contributed by atoms with van der Waals surface area (Å²) in [4.78, 5) is 10.1. The maximum Gasteiger partial charge on any atom is 0.203 e. The summed E-state index contributed by atoms with van der Waals surface area (Å²) in [5.74, 6) is 1.75. The number of fused-ring (bicyclic) bond motifs is 2. The predicted octanol–water partition coefficient (Wildman–Crippen LogP) is 3.38. The summed E-state index contributed by atoms with van der Waals surface area (Å²) in [5, 5.41) is 15.0. The van der Waals surface area contributed by atoms with Crippen molar-refractivity contribution in [3.63, 3.8) is 0 Å². The molecule has 0 fully saturated rings. The average molecular weight is 410 g/mol. The van der Waals surface area contributed by atoms with Gasteiger partial charge in [-0.3, -0.25) is 0 Å². The molecule has 30 heavy (non-hydrogen) atoms. The van der Waals surface area contributed by atoms with Crippen molar-refractivity contribution < 1.29 is 14.0 Å². The number of amidine groups is 1. The van der Waals surface area contributed by atoms with Crippen LogP contribution in [0.3, 0.4) is 0 Å². The summed E-state index contributed by atoms with van der Waals surface area (Å²) in [5.41, 5.74) is 2.50. The zero-order valence-electron chi connectivity index (χ0n) is 17.1. The lowest BCUT2D eigenvalue weighted by Gasteiger charge is -2.24. The van der Waals surface area contributed by atoms with Crippen LogP contribution in [-0.4, -0.2) is 32.8 Å². The molecule has 0 unspecified atom stereocenters.